The predicted octanol–water partition coefficient (Wildman–Crippen LogP) is 2.37. The topological polar surface area (TPSA) is 84.8 Å². The Bertz CT molecular complexity index is 678. The lowest BCUT2D eigenvalue weighted by molar-refractivity contribution is -0.391. The van der Waals surface area contributed by atoms with Gasteiger partial charge in [-0.25, -0.2) is 9.55 Å². The van der Waals surface area contributed by atoms with Gasteiger partial charge in [-0.3, -0.25) is 0 Å². The quantitative estimate of drug-likeness (QED) is 0.621. The van der Waals surface area contributed by atoms with E-state index >= 15 is 0 Å². The van der Waals surface area contributed by atoms with Crippen molar-refractivity contribution in [1.29, 1.82) is 5.26 Å². The van der Waals surface area contributed by atoms with E-state index in [-0.39, 0.29) is 5.82 Å². The summed E-state index contributed by atoms with van der Waals surface area (Å²) in [5.41, 5.74) is 1.48. The van der Waals surface area contributed by atoms with Gasteiger partial charge < -0.3 is 10.1 Å². The van der Waals surface area contributed by atoms with Crippen molar-refractivity contribution < 1.29 is 4.92 Å². The fourth-order valence-electron chi connectivity index (χ4n) is 1.58. The minimum absolute atomic E-state index is 0.0560. The molecular weight excluding hydrogens is 244 g/mol. The molecule has 1 aromatic carbocycles. The van der Waals surface area contributed by atoms with Crippen LogP contribution in [0.25, 0.3) is 12.2 Å². The van der Waals surface area contributed by atoms with Crippen LogP contribution in [0.3, 0.4) is 0 Å². The average molecular weight is 254 g/mol. The molecule has 1 heterocycles. The summed E-state index contributed by atoms with van der Waals surface area (Å²) >= 11 is 0. The molecule has 2 aromatic rings. The number of nitrogens with zero attached hydrogens (tertiary/aromatic N) is 4. The third-order valence-corrected chi connectivity index (χ3v) is 2.65. The summed E-state index contributed by atoms with van der Waals surface area (Å²) < 4.78 is 1.40. The molecular formula is C13H10N4O2. The van der Waals surface area contributed by atoms with Crippen LogP contribution in [0.4, 0.5) is 5.82 Å². The van der Waals surface area contributed by atoms with Crippen LogP contribution in [-0.2, 0) is 7.05 Å². The van der Waals surface area contributed by atoms with Crippen LogP contribution < -0.4 is 0 Å². The Morgan fingerprint density at radius 3 is 2.58 bits per heavy atom. The molecule has 6 nitrogen and oxygen atoms in total. The average Bonchev–Trinajstić information content (AvgIpc) is 2.78. The molecule has 2 rings (SSSR count). The number of nitro groups is 1. The molecule has 0 bridgehead atoms. The Morgan fingerprint density at radius 1 is 1.37 bits per heavy atom. The Kier molecular flexibility index (Phi) is 3.39. The number of rotatable bonds is 3. The minimum atomic E-state index is -0.480. The van der Waals surface area contributed by atoms with Gasteiger partial charge in [0.2, 0.25) is 5.82 Å². The fourth-order valence-corrected chi connectivity index (χ4v) is 1.58. The molecule has 0 atom stereocenters. The van der Waals surface area contributed by atoms with Gasteiger partial charge in [-0.1, -0.05) is 12.1 Å². The van der Waals surface area contributed by atoms with Crippen LogP contribution in [0, 0.1) is 21.4 Å². The zero-order valence-corrected chi connectivity index (χ0v) is 10.1. The molecule has 6 heteroatoms. The van der Waals surface area contributed by atoms with Gasteiger partial charge in [0.1, 0.15) is 6.20 Å². The van der Waals surface area contributed by atoms with Crippen LogP contribution in [-0.4, -0.2) is 14.5 Å². The van der Waals surface area contributed by atoms with Crippen LogP contribution in [0.5, 0.6) is 0 Å². The molecule has 0 saturated heterocycles. The fraction of sp³-hybridized carbons (Fsp3) is 0.0769. The number of hydrogen-bond donors (Lipinski definition) is 0. The van der Waals surface area contributed by atoms with E-state index in [0.717, 1.165) is 5.56 Å². The van der Waals surface area contributed by atoms with E-state index in [9.17, 15) is 10.1 Å². The largest absolute Gasteiger partial charge is 0.358 e. The van der Waals surface area contributed by atoms with Crippen molar-refractivity contribution in [3.05, 3.63) is 57.5 Å². The van der Waals surface area contributed by atoms with Crippen LogP contribution in [0.2, 0.25) is 0 Å². The summed E-state index contributed by atoms with van der Waals surface area (Å²) in [6.07, 6.45) is 4.69. The highest BCUT2D eigenvalue weighted by Crippen LogP contribution is 2.14. The van der Waals surface area contributed by atoms with E-state index in [2.05, 4.69) is 4.98 Å². The lowest BCUT2D eigenvalue weighted by Crippen LogP contribution is -1.98. The van der Waals surface area contributed by atoms with E-state index in [1.165, 1.54) is 10.8 Å². The number of imidazole rings is 1. The second kappa shape index (κ2) is 5.14. The molecule has 0 aliphatic rings. The smallest absolute Gasteiger partial charge is 0.342 e. The van der Waals surface area contributed by atoms with E-state index in [1.54, 1.807) is 43.5 Å². The highest BCUT2D eigenvalue weighted by Gasteiger charge is 2.13. The molecule has 0 aliphatic heterocycles. The van der Waals surface area contributed by atoms with Crippen molar-refractivity contribution in [2.45, 2.75) is 0 Å². The SMILES string of the molecule is Cn1c([N+](=O)[O-])cnc1/C=C/c1ccc(C#N)cc1. The standard InChI is InChI=1S/C13H10N4O2/c1-16-12(15-9-13(16)17(18)19)7-6-10-2-4-11(8-14)5-3-10/h2-7,9H,1H3/b7-6+. The third kappa shape index (κ3) is 2.66. The van der Waals surface area contributed by atoms with Crippen LogP contribution >= 0.6 is 0 Å². The van der Waals surface area contributed by atoms with Crippen molar-refractivity contribution in [2.24, 2.45) is 7.05 Å². The maximum atomic E-state index is 10.7. The van der Waals surface area contributed by atoms with Gasteiger partial charge in [0.05, 0.1) is 18.7 Å². The summed E-state index contributed by atoms with van der Waals surface area (Å²) in [7, 11) is 1.59. The molecule has 0 aliphatic carbocycles. The first-order valence-corrected chi connectivity index (χ1v) is 5.46. The lowest BCUT2D eigenvalue weighted by atomic mass is 10.1. The van der Waals surface area contributed by atoms with Crippen molar-refractivity contribution in [1.82, 2.24) is 9.55 Å². The van der Waals surface area contributed by atoms with E-state index in [4.69, 9.17) is 5.26 Å². The number of benzene rings is 1. The first-order chi connectivity index (χ1) is 9.11. The molecule has 0 amide bonds. The molecule has 0 radical (unpaired) electrons. The van der Waals surface area contributed by atoms with Gasteiger partial charge in [-0.05, 0) is 28.7 Å². The minimum Gasteiger partial charge on any atom is -0.358 e. The Morgan fingerprint density at radius 2 is 2.05 bits per heavy atom. The van der Waals surface area contributed by atoms with Gasteiger partial charge in [0.15, 0.2) is 0 Å². The van der Waals surface area contributed by atoms with Gasteiger partial charge >= 0.3 is 5.82 Å². The van der Waals surface area contributed by atoms with Gasteiger partial charge in [0.25, 0.3) is 0 Å². The molecule has 0 spiro atoms. The van der Waals surface area contributed by atoms with E-state index < -0.39 is 4.92 Å². The molecule has 0 N–H and O–H groups in total. The molecule has 0 fully saturated rings. The third-order valence-electron chi connectivity index (χ3n) is 2.65. The van der Waals surface area contributed by atoms with Crippen molar-refractivity contribution >= 4 is 18.0 Å². The summed E-state index contributed by atoms with van der Waals surface area (Å²) in [5.74, 6) is 0.440. The van der Waals surface area contributed by atoms with Crippen LogP contribution in [0.15, 0.2) is 30.5 Å². The summed E-state index contributed by atoms with van der Waals surface area (Å²) in [5, 5.41) is 19.4. The van der Waals surface area contributed by atoms with Gasteiger partial charge in [-0.2, -0.15) is 5.26 Å². The van der Waals surface area contributed by atoms with Crippen molar-refractivity contribution in [3.8, 4) is 6.07 Å². The Hall–Kier alpha value is -2.94. The monoisotopic (exact) mass is 254 g/mol. The summed E-state index contributed by atoms with van der Waals surface area (Å²) in [6.45, 7) is 0. The lowest BCUT2D eigenvalue weighted by Gasteiger charge is -1.95. The molecule has 1 aromatic heterocycles. The maximum absolute atomic E-state index is 10.7. The number of nitriles is 1. The molecule has 94 valence electrons. The first kappa shape index (κ1) is 12.5. The van der Waals surface area contributed by atoms with Gasteiger partial charge in [-0.15, -0.1) is 0 Å². The maximum Gasteiger partial charge on any atom is 0.342 e. The normalized spacial score (nSPS) is 10.5. The van der Waals surface area contributed by atoms with E-state index in [1.807, 2.05) is 6.07 Å². The first-order valence-electron chi connectivity index (χ1n) is 5.46. The zero-order chi connectivity index (χ0) is 13.8. The predicted molar refractivity (Wildman–Crippen MR) is 69.9 cm³/mol. The summed E-state index contributed by atoms with van der Waals surface area (Å²) in [4.78, 5) is 14.2. The highest BCUT2D eigenvalue weighted by molar-refractivity contribution is 5.67. The second-order valence-electron chi connectivity index (χ2n) is 3.86. The number of aromatic nitrogens is 2. The molecule has 19 heavy (non-hydrogen) atoms. The highest BCUT2D eigenvalue weighted by atomic mass is 16.6. The summed E-state index contributed by atoms with van der Waals surface area (Å²) in [6, 6.07) is 9.05. The Labute approximate surface area is 109 Å². The number of hydrogen-bond acceptors (Lipinski definition) is 4. The van der Waals surface area contributed by atoms with Gasteiger partial charge in [0, 0.05) is 6.08 Å². The van der Waals surface area contributed by atoms with Crippen molar-refractivity contribution in [3.63, 3.8) is 0 Å². The molecule has 0 saturated carbocycles. The van der Waals surface area contributed by atoms with Crippen molar-refractivity contribution in [2.75, 3.05) is 0 Å². The second-order valence-corrected chi connectivity index (χ2v) is 3.86. The van der Waals surface area contributed by atoms with Crippen LogP contribution in [0.1, 0.15) is 17.0 Å². The zero-order valence-electron chi connectivity index (χ0n) is 10.1. The molecule has 0 unspecified atom stereocenters. The Balaban J connectivity index is 2.23. The van der Waals surface area contributed by atoms with E-state index in [0.29, 0.717) is 11.4 Å².